The summed E-state index contributed by atoms with van der Waals surface area (Å²) < 4.78 is 5.70. The number of aromatic nitrogens is 2. The molecule has 0 unspecified atom stereocenters. The van der Waals surface area contributed by atoms with E-state index in [2.05, 4.69) is 30.1 Å². The highest BCUT2D eigenvalue weighted by molar-refractivity contribution is 5.83. The molecular weight excluding hydrogens is 316 g/mol. The van der Waals surface area contributed by atoms with Gasteiger partial charge in [0, 0.05) is 17.3 Å². The molecule has 1 aromatic carbocycles. The third kappa shape index (κ3) is 5.01. The quantitative estimate of drug-likeness (QED) is 0.567. The van der Waals surface area contributed by atoms with Crippen LogP contribution in [-0.4, -0.2) is 22.5 Å². The molecule has 25 heavy (non-hydrogen) atoms. The molecule has 0 saturated carbocycles. The van der Waals surface area contributed by atoms with Crippen LogP contribution in [0.15, 0.2) is 35.1 Å². The maximum absolute atomic E-state index is 11.1. The zero-order chi connectivity index (χ0) is 18.2. The molecule has 0 bridgehead atoms. The summed E-state index contributed by atoms with van der Waals surface area (Å²) in [4.78, 5) is 11.1. The number of H-pyrrole nitrogens is 1. The van der Waals surface area contributed by atoms with Crippen molar-refractivity contribution in [1.29, 1.82) is 10.7 Å². The Balaban J connectivity index is 2.00. The Kier molecular flexibility index (Phi) is 6.47. The number of rotatable bonds is 8. The molecule has 6 nitrogen and oxygen atoms in total. The van der Waals surface area contributed by atoms with Crippen molar-refractivity contribution < 1.29 is 4.74 Å². The summed E-state index contributed by atoms with van der Waals surface area (Å²) in [5.41, 5.74) is 2.21. The van der Waals surface area contributed by atoms with E-state index < -0.39 is 0 Å². The lowest BCUT2D eigenvalue weighted by Crippen LogP contribution is -2.10. The van der Waals surface area contributed by atoms with Gasteiger partial charge in [0.2, 0.25) is 0 Å². The molecule has 1 heterocycles. The summed E-state index contributed by atoms with van der Waals surface area (Å²) in [6.07, 6.45) is 2.42. The predicted octanol–water partition coefficient (Wildman–Crippen LogP) is 3.53. The molecule has 2 rings (SSSR count). The van der Waals surface area contributed by atoms with Crippen LogP contribution in [0.2, 0.25) is 0 Å². The van der Waals surface area contributed by atoms with Crippen LogP contribution in [-0.2, 0) is 0 Å². The van der Waals surface area contributed by atoms with E-state index in [4.69, 9.17) is 10.1 Å². The van der Waals surface area contributed by atoms with Crippen molar-refractivity contribution in [2.45, 2.75) is 33.1 Å². The first-order valence-corrected chi connectivity index (χ1v) is 8.35. The third-order valence-electron chi connectivity index (χ3n) is 4.13. The Labute approximate surface area is 147 Å². The number of nitrogens with one attached hydrogen (secondary N) is 2. The maximum Gasteiger partial charge on any atom is 0.264 e. The van der Waals surface area contributed by atoms with Gasteiger partial charge in [0.1, 0.15) is 11.8 Å². The zero-order valence-corrected chi connectivity index (χ0v) is 14.5. The van der Waals surface area contributed by atoms with E-state index >= 15 is 0 Å². The average molecular weight is 338 g/mol. The molecule has 0 radical (unpaired) electrons. The number of nitrogens with zero attached hydrogens (tertiary/aromatic N) is 2. The van der Waals surface area contributed by atoms with E-state index in [1.165, 1.54) is 6.07 Å². The van der Waals surface area contributed by atoms with Crippen molar-refractivity contribution in [2.75, 3.05) is 6.61 Å². The van der Waals surface area contributed by atoms with Crippen molar-refractivity contribution in [3.05, 3.63) is 46.2 Å². The van der Waals surface area contributed by atoms with Crippen molar-refractivity contribution in [3.8, 4) is 23.1 Å². The standard InChI is InChI=1S/C19H22N4O2/c1-3-13(2)16(21)5-4-10-25-18-8-6-14(11-15(18)12-20)17-7-9-19(24)23-22-17/h6-9,11,13,21H,3-5,10H2,1-2H3,(H,23,24)/t13-/m1/s1. The number of nitriles is 1. The Morgan fingerprint density at radius 3 is 2.84 bits per heavy atom. The van der Waals surface area contributed by atoms with Crippen LogP contribution in [0.4, 0.5) is 0 Å². The smallest absolute Gasteiger partial charge is 0.264 e. The molecule has 6 heteroatoms. The number of ether oxygens (including phenoxy) is 1. The Hall–Kier alpha value is -2.94. The van der Waals surface area contributed by atoms with Crippen LogP contribution in [0.5, 0.6) is 5.75 Å². The predicted molar refractivity (Wildman–Crippen MR) is 96.9 cm³/mol. The van der Waals surface area contributed by atoms with Gasteiger partial charge in [-0.3, -0.25) is 4.79 Å². The molecule has 0 aliphatic carbocycles. The Morgan fingerprint density at radius 2 is 2.20 bits per heavy atom. The minimum absolute atomic E-state index is 0.271. The second-order valence-electron chi connectivity index (χ2n) is 5.92. The van der Waals surface area contributed by atoms with E-state index in [0.717, 1.165) is 24.1 Å². The fraction of sp³-hybridized carbons (Fsp3) is 0.368. The van der Waals surface area contributed by atoms with Crippen LogP contribution < -0.4 is 10.3 Å². The summed E-state index contributed by atoms with van der Waals surface area (Å²) in [5.74, 6) is 0.824. The minimum atomic E-state index is -0.271. The van der Waals surface area contributed by atoms with E-state index in [9.17, 15) is 10.1 Å². The van der Waals surface area contributed by atoms with Gasteiger partial charge in [0.25, 0.3) is 5.56 Å². The van der Waals surface area contributed by atoms with Gasteiger partial charge in [-0.15, -0.1) is 0 Å². The van der Waals surface area contributed by atoms with E-state index in [1.807, 2.05) is 0 Å². The highest BCUT2D eigenvalue weighted by Crippen LogP contribution is 2.25. The first kappa shape index (κ1) is 18.4. The topological polar surface area (TPSA) is 103 Å². The van der Waals surface area contributed by atoms with E-state index in [-0.39, 0.29) is 5.56 Å². The van der Waals surface area contributed by atoms with Gasteiger partial charge >= 0.3 is 0 Å². The van der Waals surface area contributed by atoms with Crippen molar-refractivity contribution in [2.24, 2.45) is 5.92 Å². The van der Waals surface area contributed by atoms with Crippen LogP contribution in [0, 0.1) is 22.7 Å². The Bertz CT molecular complexity index is 816. The van der Waals surface area contributed by atoms with Crippen LogP contribution >= 0.6 is 0 Å². The molecule has 0 aliphatic rings. The zero-order valence-electron chi connectivity index (χ0n) is 14.5. The van der Waals surface area contributed by atoms with Gasteiger partial charge in [-0.2, -0.15) is 10.4 Å². The summed E-state index contributed by atoms with van der Waals surface area (Å²) >= 11 is 0. The molecule has 1 aromatic heterocycles. The number of hydrogen-bond acceptors (Lipinski definition) is 5. The van der Waals surface area contributed by atoms with Gasteiger partial charge < -0.3 is 10.1 Å². The molecular formula is C19H22N4O2. The van der Waals surface area contributed by atoms with Crippen molar-refractivity contribution in [3.63, 3.8) is 0 Å². The molecule has 0 spiro atoms. The fourth-order valence-corrected chi connectivity index (χ4v) is 2.35. The monoisotopic (exact) mass is 338 g/mol. The lowest BCUT2D eigenvalue weighted by molar-refractivity contribution is 0.312. The van der Waals surface area contributed by atoms with Crippen LogP contribution in [0.25, 0.3) is 11.3 Å². The average Bonchev–Trinajstić information content (AvgIpc) is 2.65. The SMILES string of the molecule is CC[C@@H](C)C(=N)CCCOc1ccc(-c2ccc(=O)[nH]n2)cc1C#N. The summed E-state index contributed by atoms with van der Waals surface area (Å²) in [7, 11) is 0. The molecule has 0 saturated heterocycles. The number of benzene rings is 1. The van der Waals surface area contributed by atoms with Crippen molar-refractivity contribution in [1.82, 2.24) is 10.2 Å². The van der Waals surface area contributed by atoms with Crippen molar-refractivity contribution >= 4 is 5.71 Å². The van der Waals surface area contributed by atoms with E-state index in [1.54, 1.807) is 24.3 Å². The van der Waals surface area contributed by atoms with Gasteiger partial charge in [-0.05, 0) is 49.4 Å². The summed E-state index contributed by atoms with van der Waals surface area (Å²) in [5, 5.41) is 23.6. The second kappa shape index (κ2) is 8.78. The van der Waals surface area contributed by atoms with Gasteiger partial charge in [0.15, 0.2) is 0 Å². The lowest BCUT2D eigenvalue weighted by atomic mass is 9.99. The van der Waals surface area contributed by atoms with Gasteiger partial charge in [-0.25, -0.2) is 5.10 Å². The molecule has 0 aliphatic heterocycles. The number of hydrogen-bond donors (Lipinski definition) is 2. The maximum atomic E-state index is 11.1. The first-order chi connectivity index (χ1) is 12.0. The van der Waals surface area contributed by atoms with Crippen LogP contribution in [0.3, 0.4) is 0 Å². The lowest BCUT2D eigenvalue weighted by Gasteiger charge is -2.12. The normalized spacial score (nSPS) is 11.6. The minimum Gasteiger partial charge on any atom is -0.492 e. The molecule has 0 fully saturated rings. The largest absolute Gasteiger partial charge is 0.492 e. The van der Waals surface area contributed by atoms with E-state index in [0.29, 0.717) is 36.0 Å². The number of aromatic amines is 1. The highest BCUT2D eigenvalue weighted by atomic mass is 16.5. The highest BCUT2D eigenvalue weighted by Gasteiger charge is 2.09. The van der Waals surface area contributed by atoms with Gasteiger partial charge in [-0.1, -0.05) is 13.8 Å². The molecule has 130 valence electrons. The van der Waals surface area contributed by atoms with Crippen LogP contribution in [0.1, 0.15) is 38.7 Å². The first-order valence-electron chi connectivity index (χ1n) is 8.35. The second-order valence-corrected chi connectivity index (χ2v) is 5.92. The molecule has 1 atom stereocenters. The molecule has 0 amide bonds. The van der Waals surface area contributed by atoms with Gasteiger partial charge in [0.05, 0.1) is 17.9 Å². The molecule has 2 aromatic rings. The molecule has 2 N–H and O–H groups in total. The Morgan fingerprint density at radius 1 is 1.40 bits per heavy atom. The summed E-state index contributed by atoms with van der Waals surface area (Å²) in [6.45, 7) is 4.60. The summed E-state index contributed by atoms with van der Waals surface area (Å²) in [6, 6.07) is 10.4. The third-order valence-corrected chi connectivity index (χ3v) is 4.13. The fourth-order valence-electron chi connectivity index (χ4n) is 2.35.